The Morgan fingerprint density at radius 3 is 2.37 bits per heavy atom. The Kier molecular flexibility index (Phi) is 6.70. The van der Waals surface area contributed by atoms with Gasteiger partial charge < -0.3 is 18.9 Å². The summed E-state index contributed by atoms with van der Waals surface area (Å²) in [4.78, 5) is 19.8. The Bertz CT molecular complexity index is 1300. The standard InChI is InChI=1S/C29H31N3O3/c1-3-21-9-13-25(14-10-21)35-18-17-31-27-8-6-5-7-26(27)30-29(31)22-19-28(33)32(20-22)23-11-15-24(16-12-23)34-4-2/h5-16,22H,3-4,17-20H2,1-2H3/t22-/m0/s1. The summed E-state index contributed by atoms with van der Waals surface area (Å²) in [6.45, 7) is 6.53. The highest BCUT2D eigenvalue weighted by Gasteiger charge is 2.34. The average molecular weight is 470 g/mol. The lowest BCUT2D eigenvalue weighted by Gasteiger charge is -2.18. The van der Waals surface area contributed by atoms with Crippen LogP contribution in [0, 0.1) is 0 Å². The van der Waals surface area contributed by atoms with Gasteiger partial charge in [0.1, 0.15) is 23.9 Å². The quantitative estimate of drug-likeness (QED) is 0.320. The van der Waals surface area contributed by atoms with Crippen LogP contribution in [-0.2, 0) is 17.8 Å². The second kappa shape index (κ2) is 10.2. The fourth-order valence-corrected chi connectivity index (χ4v) is 4.74. The molecular weight excluding hydrogens is 438 g/mol. The number of amides is 1. The lowest BCUT2D eigenvalue weighted by molar-refractivity contribution is -0.117. The van der Waals surface area contributed by atoms with Crippen molar-refractivity contribution < 1.29 is 14.3 Å². The summed E-state index contributed by atoms with van der Waals surface area (Å²) < 4.78 is 13.8. The summed E-state index contributed by atoms with van der Waals surface area (Å²) >= 11 is 0. The van der Waals surface area contributed by atoms with Crippen molar-refractivity contribution in [2.75, 3.05) is 24.7 Å². The van der Waals surface area contributed by atoms with Crippen LogP contribution in [0.15, 0.2) is 72.8 Å². The van der Waals surface area contributed by atoms with E-state index >= 15 is 0 Å². The van der Waals surface area contributed by atoms with Crippen molar-refractivity contribution >= 4 is 22.6 Å². The molecule has 0 radical (unpaired) electrons. The van der Waals surface area contributed by atoms with Crippen LogP contribution in [0.5, 0.6) is 11.5 Å². The number of carbonyl (C=O) groups is 1. The molecule has 0 spiro atoms. The van der Waals surface area contributed by atoms with Crippen molar-refractivity contribution in [1.29, 1.82) is 0 Å². The molecule has 1 aromatic heterocycles. The Morgan fingerprint density at radius 2 is 1.63 bits per heavy atom. The summed E-state index contributed by atoms with van der Waals surface area (Å²) in [5.41, 5.74) is 4.20. The molecular formula is C29H31N3O3. The van der Waals surface area contributed by atoms with Gasteiger partial charge in [0.2, 0.25) is 5.91 Å². The van der Waals surface area contributed by atoms with Crippen molar-refractivity contribution in [3.63, 3.8) is 0 Å². The number of carbonyl (C=O) groups excluding carboxylic acids is 1. The van der Waals surface area contributed by atoms with Crippen molar-refractivity contribution in [3.05, 3.63) is 84.2 Å². The van der Waals surface area contributed by atoms with E-state index in [0.29, 0.717) is 32.7 Å². The molecule has 0 unspecified atom stereocenters. The van der Waals surface area contributed by atoms with Crippen LogP contribution in [0.25, 0.3) is 11.0 Å². The van der Waals surface area contributed by atoms with Gasteiger partial charge >= 0.3 is 0 Å². The van der Waals surface area contributed by atoms with E-state index in [2.05, 4.69) is 29.7 Å². The van der Waals surface area contributed by atoms with Gasteiger partial charge in [0, 0.05) is 24.6 Å². The van der Waals surface area contributed by atoms with Crippen LogP contribution in [0.2, 0.25) is 0 Å². The largest absolute Gasteiger partial charge is 0.494 e. The highest BCUT2D eigenvalue weighted by molar-refractivity contribution is 5.96. The molecule has 5 rings (SSSR count). The van der Waals surface area contributed by atoms with Gasteiger partial charge in [-0.1, -0.05) is 31.2 Å². The van der Waals surface area contributed by atoms with Crippen molar-refractivity contribution in [2.45, 2.75) is 39.2 Å². The first-order valence-corrected chi connectivity index (χ1v) is 12.4. The highest BCUT2D eigenvalue weighted by atomic mass is 16.5. The van der Waals surface area contributed by atoms with Gasteiger partial charge in [0.25, 0.3) is 0 Å². The summed E-state index contributed by atoms with van der Waals surface area (Å²) in [6.07, 6.45) is 1.45. The number of para-hydroxylation sites is 2. The van der Waals surface area contributed by atoms with Crippen molar-refractivity contribution in [1.82, 2.24) is 9.55 Å². The molecule has 1 aliphatic rings. The molecule has 1 aliphatic heterocycles. The average Bonchev–Trinajstić information content (AvgIpc) is 3.46. The minimum absolute atomic E-state index is 0.0188. The molecule has 1 atom stereocenters. The number of rotatable bonds is 9. The third-order valence-corrected chi connectivity index (χ3v) is 6.55. The number of fused-ring (bicyclic) bond motifs is 1. The fourth-order valence-electron chi connectivity index (χ4n) is 4.74. The van der Waals surface area contributed by atoms with E-state index in [0.717, 1.165) is 40.5 Å². The first-order valence-electron chi connectivity index (χ1n) is 12.4. The maximum Gasteiger partial charge on any atom is 0.227 e. The smallest absolute Gasteiger partial charge is 0.227 e. The number of aromatic nitrogens is 2. The predicted octanol–water partition coefficient (Wildman–Crippen LogP) is 5.60. The van der Waals surface area contributed by atoms with E-state index in [4.69, 9.17) is 14.5 Å². The second-order valence-electron chi connectivity index (χ2n) is 8.79. The molecule has 35 heavy (non-hydrogen) atoms. The molecule has 1 amide bonds. The molecule has 0 aliphatic carbocycles. The number of ether oxygens (including phenoxy) is 2. The third kappa shape index (κ3) is 4.87. The van der Waals surface area contributed by atoms with E-state index in [-0.39, 0.29) is 11.8 Å². The summed E-state index contributed by atoms with van der Waals surface area (Å²) in [7, 11) is 0. The Balaban J connectivity index is 1.35. The molecule has 2 heterocycles. The lowest BCUT2D eigenvalue weighted by atomic mass is 10.1. The van der Waals surface area contributed by atoms with Crippen LogP contribution < -0.4 is 14.4 Å². The maximum absolute atomic E-state index is 13.0. The van der Waals surface area contributed by atoms with Crippen molar-refractivity contribution in [3.8, 4) is 11.5 Å². The predicted molar refractivity (Wildman–Crippen MR) is 138 cm³/mol. The molecule has 180 valence electrons. The molecule has 3 aromatic carbocycles. The van der Waals surface area contributed by atoms with Crippen LogP contribution in [0.3, 0.4) is 0 Å². The van der Waals surface area contributed by atoms with Gasteiger partial charge in [0.05, 0.1) is 24.2 Å². The summed E-state index contributed by atoms with van der Waals surface area (Å²) in [5.74, 6) is 2.75. The molecule has 0 N–H and O–H groups in total. The molecule has 6 nitrogen and oxygen atoms in total. The monoisotopic (exact) mass is 469 g/mol. The molecule has 0 bridgehead atoms. The lowest BCUT2D eigenvalue weighted by Crippen LogP contribution is -2.24. The number of hydrogen-bond donors (Lipinski definition) is 0. The molecule has 1 saturated heterocycles. The number of benzene rings is 3. The maximum atomic E-state index is 13.0. The van der Waals surface area contributed by atoms with Crippen molar-refractivity contribution in [2.24, 2.45) is 0 Å². The summed E-state index contributed by atoms with van der Waals surface area (Å²) in [6, 6.07) is 24.1. The topological polar surface area (TPSA) is 56.6 Å². The van der Waals surface area contributed by atoms with Crippen LogP contribution in [0.1, 0.15) is 37.6 Å². The van der Waals surface area contributed by atoms with E-state index in [1.165, 1.54) is 5.56 Å². The Morgan fingerprint density at radius 1 is 0.914 bits per heavy atom. The number of imidazole rings is 1. The van der Waals surface area contributed by atoms with Gasteiger partial charge in [-0.3, -0.25) is 4.79 Å². The zero-order valence-corrected chi connectivity index (χ0v) is 20.3. The van der Waals surface area contributed by atoms with E-state index in [1.54, 1.807) is 0 Å². The first-order chi connectivity index (χ1) is 17.2. The molecule has 4 aromatic rings. The molecule has 0 saturated carbocycles. The third-order valence-electron chi connectivity index (χ3n) is 6.55. The number of anilines is 1. The number of aryl methyl sites for hydroxylation is 1. The normalized spacial score (nSPS) is 15.7. The SMILES string of the molecule is CCOc1ccc(N2C[C@@H](c3nc4ccccc4n3CCOc3ccc(CC)cc3)CC2=O)cc1. The number of hydrogen-bond acceptors (Lipinski definition) is 4. The van der Waals surface area contributed by atoms with Gasteiger partial charge in [0.15, 0.2) is 0 Å². The van der Waals surface area contributed by atoms with Crippen LogP contribution in [0.4, 0.5) is 5.69 Å². The van der Waals surface area contributed by atoms with E-state index in [1.807, 2.05) is 66.4 Å². The minimum atomic E-state index is 0.0188. The van der Waals surface area contributed by atoms with E-state index in [9.17, 15) is 4.79 Å². The zero-order chi connectivity index (χ0) is 24.2. The molecule has 6 heteroatoms. The zero-order valence-electron chi connectivity index (χ0n) is 20.3. The highest BCUT2D eigenvalue weighted by Crippen LogP contribution is 2.34. The van der Waals surface area contributed by atoms with Gasteiger partial charge in [-0.25, -0.2) is 4.98 Å². The minimum Gasteiger partial charge on any atom is -0.494 e. The van der Waals surface area contributed by atoms with Gasteiger partial charge in [-0.15, -0.1) is 0 Å². The Labute approximate surface area is 206 Å². The molecule has 1 fully saturated rings. The van der Waals surface area contributed by atoms with E-state index < -0.39 is 0 Å². The number of nitrogens with zero attached hydrogens (tertiary/aromatic N) is 3. The first kappa shape index (κ1) is 23.0. The van der Waals surface area contributed by atoms with Crippen LogP contribution in [-0.4, -0.2) is 35.2 Å². The summed E-state index contributed by atoms with van der Waals surface area (Å²) in [5, 5.41) is 0. The van der Waals surface area contributed by atoms with Crippen LogP contribution >= 0.6 is 0 Å². The van der Waals surface area contributed by atoms with Gasteiger partial charge in [-0.05, 0) is 67.4 Å². The fraction of sp³-hybridized carbons (Fsp3) is 0.310. The Hall–Kier alpha value is -3.80. The van der Waals surface area contributed by atoms with Gasteiger partial charge in [-0.2, -0.15) is 0 Å². The second-order valence-corrected chi connectivity index (χ2v) is 8.79.